The highest BCUT2D eigenvalue weighted by atomic mass is 16.6. The van der Waals surface area contributed by atoms with Crippen LogP contribution in [0.25, 0.3) is 0 Å². The van der Waals surface area contributed by atoms with E-state index in [-0.39, 0.29) is 11.7 Å². The van der Waals surface area contributed by atoms with Gasteiger partial charge in [0, 0.05) is 20.3 Å². The minimum atomic E-state index is -0.847. The van der Waals surface area contributed by atoms with Crippen LogP contribution in [0, 0.1) is 10.1 Å². The Labute approximate surface area is 116 Å². The van der Waals surface area contributed by atoms with Gasteiger partial charge in [0.2, 0.25) is 5.75 Å². The Morgan fingerprint density at radius 2 is 2.35 bits per heavy atom. The Morgan fingerprint density at radius 1 is 1.60 bits per heavy atom. The fourth-order valence-electron chi connectivity index (χ4n) is 1.43. The van der Waals surface area contributed by atoms with Gasteiger partial charge in [-0.15, -0.1) is 0 Å². The summed E-state index contributed by atoms with van der Waals surface area (Å²) in [5.41, 5.74) is 0. The summed E-state index contributed by atoms with van der Waals surface area (Å²) in [4.78, 5) is 25.4. The Bertz CT molecular complexity index is 466. The SMILES string of the molecule is COCCCNC(=O)C(C)Oc1cccnc1[N+](=O)[O-]. The van der Waals surface area contributed by atoms with Crippen molar-refractivity contribution >= 4 is 11.7 Å². The van der Waals surface area contributed by atoms with E-state index in [0.29, 0.717) is 19.6 Å². The monoisotopic (exact) mass is 283 g/mol. The van der Waals surface area contributed by atoms with Gasteiger partial charge in [-0.05, 0) is 35.4 Å². The average molecular weight is 283 g/mol. The zero-order valence-electron chi connectivity index (χ0n) is 11.4. The van der Waals surface area contributed by atoms with Crippen molar-refractivity contribution in [1.29, 1.82) is 0 Å². The second-order valence-electron chi connectivity index (χ2n) is 3.98. The van der Waals surface area contributed by atoms with Gasteiger partial charge in [0.05, 0.1) is 0 Å². The molecular weight excluding hydrogens is 266 g/mol. The lowest BCUT2D eigenvalue weighted by atomic mass is 10.3. The van der Waals surface area contributed by atoms with Crippen LogP contribution in [0.2, 0.25) is 0 Å². The largest absolute Gasteiger partial charge is 0.473 e. The molecule has 1 rings (SSSR count). The third-order valence-corrected chi connectivity index (χ3v) is 2.42. The zero-order valence-corrected chi connectivity index (χ0v) is 11.4. The summed E-state index contributed by atoms with van der Waals surface area (Å²) in [5.74, 6) is -0.789. The molecule has 0 saturated carbocycles. The molecule has 0 aliphatic rings. The van der Waals surface area contributed by atoms with E-state index in [1.807, 2.05) is 0 Å². The Morgan fingerprint density at radius 3 is 3.00 bits per heavy atom. The summed E-state index contributed by atoms with van der Waals surface area (Å²) in [6.07, 6.45) is 1.13. The lowest BCUT2D eigenvalue weighted by molar-refractivity contribution is -0.390. The number of carbonyl (C=O) groups is 1. The van der Waals surface area contributed by atoms with Gasteiger partial charge in [-0.1, -0.05) is 0 Å². The number of nitro groups is 1. The highest BCUT2D eigenvalue weighted by molar-refractivity contribution is 5.80. The van der Waals surface area contributed by atoms with Gasteiger partial charge in [0.15, 0.2) is 6.10 Å². The van der Waals surface area contributed by atoms with E-state index in [1.54, 1.807) is 7.11 Å². The van der Waals surface area contributed by atoms with Gasteiger partial charge < -0.3 is 24.9 Å². The smallest absolute Gasteiger partial charge is 0.406 e. The Hall–Kier alpha value is -2.22. The molecule has 1 aromatic rings. The number of pyridine rings is 1. The summed E-state index contributed by atoms with van der Waals surface area (Å²) in [6, 6.07) is 2.91. The van der Waals surface area contributed by atoms with E-state index in [0.717, 1.165) is 0 Å². The van der Waals surface area contributed by atoms with Crippen LogP contribution in [-0.4, -0.2) is 42.2 Å². The number of aromatic nitrogens is 1. The molecule has 8 nitrogen and oxygen atoms in total. The summed E-state index contributed by atoms with van der Waals surface area (Å²) in [6.45, 7) is 2.52. The first-order valence-corrected chi connectivity index (χ1v) is 6.09. The van der Waals surface area contributed by atoms with Crippen LogP contribution in [-0.2, 0) is 9.53 Å². The van der Waals surface area contributed by atoms with E-state index in [4.69, 9.17) is 9.47 Å². The van der Waals surface area contributed by atoms with E-state index in [9.17, 15) is 14.9 Å². The fourth-order valence-corrected chi connectivity index (χ4v) is 1.43. The molecule has 0 aromatic carbocycles. The van der Waals surface area contributed by atoms with E-state index in [2.05, 4.69) is 10.3 Å². The van der Waals surface area contributed by atoms with E-state index in [1.165, 1.54) is 25.3 Å². The van der Waals surface area contributed by atoms with Crippen LogP contribution >= 0.6 is 0 Å². The van der Waals surface area contributed by atoms with Crippen LogP contribution in [0.4, 0.5) is 5.82 Å². The summed E-state index contributed by atoms with van der Waals surface area (Å²) in [7, 11) is 1.58. The quantitative estimate of drug-likeness (QED) is 0.432. The molecule has 0 radical (unpaired) electrons. The second kappa shape index (κ2) is 8.05. The highest BCUT2D eigenvalue weighted by Crippen LogP contribution is 2.23. The third-order valence-electron chi connectivity index (χ3n) is 2.42. The molecule has 1 atom stereocenters. The number of amides is 1. The summed E-state index contributed by atoms with van der Waals surface area (Å²) in [5, 5.41) is 13.4. The first kappa shape index (κ1) is 15.8. The minimum Gasteiger partial charge on any atom is -0.473 e. The number of hydrogen-bond acceptors (Lipinski definition) is 6. The molecule has 20 heavy (non-hydrogen) atoms. The molecule has 0 aliphatic carbocycles. The van der Waals surface area contributed by atoms with Gasteiger partial charge in [0.1, 0.15) is 6.20 Å². The summed E-state index contributed by atoms with van der Waals surface area (Å²) < 4.78 is 10.1. The van der Waals surface area contributed by atoms with Crippen molar-refractivity contribution in [3.05, 3.63) is 28.4 Å². The van der Waals surface area contributed by atoms with Crippen molar-refractivity contribution in [2.24, 2.45) is 0 Å². The maximum absolute atomic E-state index is 11.7. The van der Waals surface area contributed by atoms with Crippen LogP contribution in [0.5, 0.6) is 5.75 Å². The number of nitrogens with zero attached hydrogens (tertiary/aromatic N) is 2. The number of methoxy groups -OCH3 is 1. The minimum absolute atomic E-state index is 0.0305. The molecule has 8 heteroatoms. The molecule has 1 heterocycles. The number of hydrogen-bond donors (Lipinski definition) is 1. The van der Waals surface area contributed by atoms with Crippen molar-refractivity contribution in [3.63, 3.8) is 0 Å². The predicted octanol–water partition coefficient (Wildman–Crippen LogP) is 0.910. The molecule has 0 saturated heterocycles. The maximum Gasteiger partial charge on any atom is 0.406 e. The third kappa shape index (κ3) is 4.81. The standard InChI is InChI=1S/C12H17N3O5/c1-9(12(16)14-7-4-8-19-2)20-10-5-3-6-13-11(10)15(17)18/h3,5-6,9H,4,7-8H2,1-2H3,(H,14,16). The predicted molar refractivity (Wildman–Crippen MR) is 70.5 cm³/mol. The van der Waals surface area contributed by atoms with Gasteiger partial charge in [0.25, 0.3) is 5.91 Å². The number of rotatable bonds is 8. The first-order chi connectivity index (χ1) is 9.56. The van der Waals surface area contributed by atoms with Gasteiger partial charge >= 0.3 is 5.82 Å². The van der Waals surface area contributed by atoms with Crippen LogP contribution in [0.15, 0.2) is 18.3 Å². The van der Waals surface area contributed by atoms with Crippen molar-refractivity contribution in [1.82, 2.24) is 10.3 Å². The van der Waals surface area contributed by atoms with Gasteiger partial charge in [-0.25, -0.2) is 0 Å². The van der Waals surface area contributed by atoms with Crippen molar-refractivity contribution < 1.29 is 19.2 Å². The number of nitrogens with one attached hydrogen (secondary N) is 1. The van der Waals surface area contributed by atoms with Gasteiger partial charge in [-0.2, -0.15) is 0 Å². The molecule has 0 bridgehead atoms. The average Bonchev–Trinajstić information content (AvgIpc) is 2.43. The molecule has 0 fully saturated rings. The van der Waals surface area contributed by atoms with Gasteiger partial charge in [-0.3, -0.25) is 4.79 Å². The molecule has 110 valence electrons. The Balaban J connectivity index is 2.55. The normalized spacial score (nSPS) is 11.7. The molecule has 1 aromatic heterocycles. The van der Waals surface area contributed by atoms with E-state index >= 15 is 0 Å². The van der Waals surface area contributed by atoms with Crippen LogP contribution < -0.4 is 10.1 Å². The van der Waals surface area contributed by atoms with E-state index < -0.39 is 16.8 Å². The van der Waals surface area contributed by atoms with Crippen LogP contribution in [0.1, 0.15) is 13.3 Å². The zero-order chi connectivity index (χ0) is 15.0. The molecule has 1 unspecified atom stereocenters. The molecule has 1 amide bonds. The topological polar surface area (TPSA) is 104 Å². The molecule has 1 N–H and O–H groups in total. The maximum atomic E-state index is 11.7. The van der Waals surface area contributed by atoms with Crippen molar-refractivity contribution in [3.8, 4) is 5.75 Å². The fraction of sp³-hybridized carbons (Fsp3) is 0.500. The first-order valence-electron chi connectivity index (χ1n) is 6.09. The number of ether oxygens (including phenoxy) is 2. The molecule has 0 aliphatic heterocycles. The summed E-state index contributed by atoms with van der Waals surface area (Å²) >= 11 is 0. The van der Waals surface area contributed by atoms with Crippen LogP contribution in [0.3, 0.4) is 0 Å². The van der Waals surface area contributed by atoms with Crippen molar-refractivity contribution in [2.45, 2.75) is 19.4 Å². The highest BCUT2D eigenvalue weighted by Gasteiger charge is 2.21. The van der Waals surface area contributed by atoms with Crippen molar-refractivity contribution in [2.75, 3.05) is 20.3 Å². The second-order valence-corrected chi connectivity index (χ2v) is 3.98. The number of carbonyl (C=O) groups excluding carboxylic acids is 1. The Kier molecular flexibility index (Phi) is 6.38. The molecule has 0 spiro atoms. The molecular formula is C12H17N3O5. The lowest BCUT2D eigenvalue weighted by Crippen LogP contribution is -2.37. The lowest BCUT2D eigenvalue weighted by Gasteiger charge is -2.14.